The van der Waals surface area contributed by atoms with Crippen molar-refractivity contribution in [1.82, 2.24) is 35.3 Å². The Labute approximate surface area is 347 Å². The van der Waals surface area contributed by atoms with E-state index in [1.165, 1.54) is 5.56 Å². The first-order chi connectivity index (χ1) is 28.8. The van der Waals surface area contributed by atoms with Crippen molar-refractivity contribution in [3.63, 3.8) is 0 Å². The molecule has 4 aliphatic heterocycles. The zero-order valence-corrected chi connectivity index (χ0v) is 34.2. The van der Waals surface area contributed by atoms with E-state index in [0.29, 0.717) is 36.6 Å². The highest BCUT2D eigenvalue weighted by atomic mass is 16.2. The van der Waals surface area contributed by atoms with E-state index in [1.807, 2.05) is 41.3 Å². The molecule has 6 heterocycles. The molecule has 2 N–H and O–H groups in total. The fourth-order valence-corrected chi connectivity index (χ4v) is 8.87. The van der Waals surface area contributed by atoms with E-state index < -0.39 is 6.04 Å². The Balaban J connectivity index is 0.736. The Hall–Kier alpha value is -5.43. The lowest BCUT2D eigenvalue weighted by Crippen LogP contribution is -2.52. The number of pyridine rings is 2. The maximum atomic E-state index is 13.3. The number of anilines is 1. The van der Waals surface area contributed by atoms with Gasteiger partial charge in [0, 0.05) is 89.0 Å². The summed E-state index contributed by atoms with van der Waals surface area (Å²) in [5, 5.41) is 5.34. The number of rotatable bonds is 17. The average molecular weight is 803 g/mol. The minimum atomic E-state index is -0.584. The molecule has 3 fully saturated rings. The SMILES string of the molecule is O=C(/C=C/c1cccnc1)NCCCCC1CCN(C(=O)c2ccc(N3CCN(CCCCCCc4cccc5c4CN(C4CCC(=O)NC4=O)C5=O)CC3)nc2)CC1. The molecule has 3 aromatic rings. The largest absolute Gasteiger partial charge is 0.354 e. The number of carbonyl (C=O) groups excluding carboxylic acids is 5. The van der Waals surface area contributed by atoms with Gasteiger partial charge in [0.15, 0.2) is 0 Å². The summed E-state index contributed by atoms with van der Waals surface area (Å²) >= 11 is 0. The number of aryl methyl sites for hydroxylation is 1. The van der Waals surface area contributed by atoms with Gasteiger partial charge in [0.1, 0.15) is 11.9 Å². The lowest BCUT2D eigenvalue weighted by molar-refractivity contribution is -0.137. The van der Waals surface area contributed by atoms with E-state index in [4.69, 9.17) is 4.98 Å². The van der Waals surface area contributed by atoms with E-state index in [-0.39, 0.29) is 36.0 Å². The number of hydrogen-bond acceptors (Lipinski definition) is 9. The topological polar surface area (TPSA) is 148 Å². The summed E-state index contributed by atoms with van der Waals surface area (Å²) in [4.78, 5) is 79.8. The molecule has 13 nitrogen and oxygen atoms in total. The van der Waals surface area contributed by atoms with E-state index in [2.05, 4.69) is 31.5 Å². The lowest BCUT2D eigenvalue weighted by atomic mass is 9.91. The Morgan fingerprint density at radius 2 is 1.68 bits per heavy atom. The van der Waals surface area contributed by atoms with Crippen LogP contribution in [0.25, 0.3) is 6.08 Å². The zero-order valence-electron chi connectivity index (χ0n) is 34.2. The van der Waals surface area contributed by atoms with E-state index in [0.717, 1.165) is 127 Å². The molecule has 2 aromatic heterocycles. The highest BCUT2D eigenvalue weighted by molar-refractivity contribution is 6.05. The number of benzene rings is 1. The standard InChI is InChI=1S/C46H58N8O5/c55-42(18-14-35-10-8-22-47-31-35)48-23-5-4-9-34-20-25-53(26-21-34)45(58)37-15-17-41(49-32-37)52-29-27-51(28-30-52)24-6-2-1-3-11-36-12-7-13-38-39(36)33-54(46(38)59)40-16-19-43(56)50-44(40)57/h7-8,10,12-15,17-18,22,31-32,34,40H,1-6,9,11,16,19-21,23-30,33H2,(H,48,55)(H,50,56,57)/b18-14+. The number of piperazine rings is 1. The predicted molar refractivity (Wildman–Crippen MR) is 226 cm³/mol. The first-order valence-electron chi connectivity index (χ1n) is 21.7. The fourth-order valence-electron chi connectivity index (χ4n) is 8.87. The maximum Gasteiger partial charge on any atom is 0.255 e. The minimum Gasteiger partial charge on any atom is -0.354 e. The first-order valence-corrected chi connectivity index (χ1v) is 21.7. The molecule has 1 aromatic carbocycles. The van der Waals surface area contributed by atoms with Gasteiger partial charge in [0.25, 0.3) is 11.8 Å². The normalized spacial score (nSPS) is 19.0. The number of piperidine rings is 2. The van der Waals surface area contributed by atoms with Crippen molar-refractivity contribution in [1.29, 1.82) is 0 Å². The molecule has 1 atom stereocenters. The van der Waals surface area contributed by atoms with Crippen LogP contribution in [0.15, 0.2) is 67.1 Å². The van der Waals surface area contributed by atoms with Crippen molar-refractivity contribution in [3.05, 3.63) is 94.9 Å². The van der Waals surface area contributed by atoms with Crippen LogP contribution < -0.4 is 15.5 Å². The van der Waals surface area contributed by atoms with Crippen LogP contribution in [-0.4, -0.2) is 113 Å². The van der Waals surface area contributed by atoms with Gasteiger partial charge in [-0.1, -0.05) is 43.9 Å². The number of fused-ring (bicyclic) bond motifs is 1. The molecule has 0 spiro atoms. The van der Waals surface area contributed by atoms with Gasteiger partial charge in [-0.25, -0.2) is 4.98 Å². The van der Waals surface area contributed by atoms with Gasteiger partial charge in [-0.05, 0) is 104 Å². The molecule has 0 aliphatic carbocycles. The third-order valence-corrected chi connectivity index (χ3v) is 12.4. The van der Waals surface area contributed by atoms with Crippen LogP contribution in [0, 0.1) is 5.92 Å². The van der Waals surface area contributed by atoms with Gasteiger partial charge in [0.05, 0.1) is 5.56 Å². The summed E-state index contributed by atoms with van der Waals surface area (Å²) in [7, 11) is 0. The number of hydrogen-bond donors (Lipinski definition) is 2. The van der Waals surface area contributed by atoms with Crippen LogP contribution in [0.2, 0.25) is 0 Å². The monoisotopic (exact) mass is 802 g/mol. The summed E-state index contributed by atoms with van der Waals surface area (Å²) in [6, 6.07) is 13.0. The number of likely N-dealkylation sites (tertiary alicyclic amines) is 1. The average Bonchev–Trinajstić information content (AvgIpc) is 3.60. The van der Waals surface area contributed by atoms with Crippen LogP contribution in [0.1, 0.15) is 108 Å². The van der Waals surface area contributed by atoms with E-state index >= 15 is 0 Å². The molecular weight excluding hydrogens is 745 g/mol. The third kappa shape index (κ3) is 11.2. The highest BCUT2D eigenvalue weighted by Crippen LogP contribution is 2.31. The molecule has 1 unspecified atom stereocenters. The van der Waals surface area contributed by atoms with Crippen LogP contribution >= 0.6 is 0 Å². The van der Waals surface area contributed by atoms with E-state index in [9.17, 15) is 24.0 Å². The molecule has 0 saturated carbocycles. The Kier molecular flexibility index (Phi) is 14.5. The Morgan fingerprint density at radius 1 is 0.847 bits per heavy atom. The van der Waals surface area contributed by atoms with Crippen LogP contribution in [0.3, 0.4) is 0 Å². The summed E-state index contributed by atoms with van der Waals surface area (Å²) in [5.74, 6) is 0.755. The molecule has 5 amide bonds. The maximum absolute atomic E-state index is 13.3. The van der Waals surface area contributed by atoms with Crippen LogP contribution in [-0.2, 0) is 27.3 Å². The number of aromatic nitrogens is 2. The number of nitrogens with one attached hydrogen (secondary N) is 2. The molecule has 0 bridgehead atoms. The van der Waals surface area contributed by atoms with Gasteiger partial charge in [-0.15, -0.1) is 0 Å². The minimum absolute atomic E-state index is 0.0635. The fraction of sp³-hybridized carbons (Fsp3) is 0.500. The summed E-state index contributed by atoms with van der Waals surface area (Å²) in [6.07, 6.45) is 19.7. The van der Waals surface area contributed by atoms with Gasteiger partial charge in [-0.2, -0.15) is 0 Å². The third-order valence-electron chi connectivity index (χ3n) is 12.4. The number of amides is 5. The van der Waals surface area contributed by atoms with Crippen molar-refractivity contribution < 1.29 is 24.0 Å². The second-order valence-electron chi connectivity index (χ2n) is 16.4. The number of carbonyl (C=O) groups is 5. The Bertz CT molecular complexity index is 1960. The second kappa shape index (κ2) is 20.5. The number of imide groups is 1. The quantitative estimate of drug-likeness (QED) is 0.109. The summed E-state index contributed by atoms with van der Waals surface area (Å²) in [6.45, 7) is 7.52. The molecule has 4 aliphatic rings. The zero-order chi connectivity index (χ0) is 41.0. The van der Waals surface area contributed by atoms with Gasteiger partial charge in [-0.3, -0.25) is 39.2 Å². The molecule has 312 valence electrons. The molecular formula is C46H58N8O5. The summed E-state index contributed by atoms with van der Waals surface area (Å²) in [5.41, 5.74) is 4.45. The molecule has 13 heteroatoms. The smallest absolute Gasteiger partial charge is 0.255 e. The van der Waals surface area contributed by atoms with Crippen molar-refractivity contribution in [2.45, 2.75) is 89.6 Å². The highest BCUT2D eigenvalue weighted by Gasteiger charge is 2.39. The molecule has 59 heavy (non-hydrogen) atoms. The Morgan fingerprint density at radius 3 is 2.44 bits per heavy atom. The molecule has 3 saturated heterocycles. The number of nitrogens with zero attached hydrogens (tertiary/aromatic N) is 6. The molecule has 7 rings (SSSR count). The lowest BCUT2D eigenvalue weighted by Gasteiger charge is -2.35. The molecule has 0 radical (unpaired) electrons. The van der Waals surface area contributed by atoms with Gasteiger partial charge < -0.3 is 20.0 Å². The number of unbranched alkanes of at least 4 members (excludes halogenated alkanes) is 4. The second-order valence-corrected chi connectivity index (χ2v) is 16.4. The summed E-state index contributed by atoms with van der Waals surface area (Å²) < 4.78 is 0. The van der Waals surface area contributed by atoms with Crippen molar-refractivity contribution >= 4 is 41.4 Å². The van der Waals surface area contributed by atoms with Crippen LogP contribution in [0.5, 0.6) is 0 Å². The van der Waals surface area contributed by atoms with Crippen molar-refractivity contribution in [2.24, 2.45) is 5.92 Å². The van der Waals surface area contributed by atoms with Gasteiger partial charge >= 0.3 is 0 Å². The van der Waals surface area contributed by atoms with Crippen molar-refractivity contribution in [2.75, 3.05) is 57.3 Å². The van der Waals surface area contributed by atoms with Crippen molar-refractivity contribution in [3.8, 4) is 0 Å². The van der Waals surface area contributed by atoms with Crippen LogP contribution in [0.4, 0.5) is 5.82 Å². The van der Waals surface area contributed by atoms with E-state index in [1.54, 1.807) is 35.6 Å². The predicted octanol–water partition coefficient (Wildman–Crippen LogP) is 5.01. The first kappa shape index (κ1) is 41.7. The van der Waals surface area contributed by atoms with Gasteiger partial charge in [0.2, 0.25) is 17.7 Å².